The summed E-state index contributed by atoms with van der Waals surface area (Å²) in [5, 5.41) is 9.52. The van der Waals surface area contributed by atoms with Gasteiger partial charge in [-0.3, -0.25) is 0 Å². The summed E-state index contributed by atoms with van der Waals surface area (Å²) in [5.74, 6) is 0.282. The molecule has 1 N–H and O–H groups in total. The lowest BCUT2D eigenvalue weighted by Gasteiger charge is -2.31. The van der Waals surface area contributed by atoms with Crippen molar-refractivity contribution in [2.45, 2.75) is 37.4 Å². The molecule has 2 nitrogen and oxygen atoms in total. The summed E-state index contributed by atoms with van der Waals surface area (Å²) in [7, 11) is 0. The van der Waals surface area contributed by atoms with Gasteiger partial charge < -0.3 is 9.84 Å². The maximum absolute atomic E-state index is 9.68. The minimum absolute atomic E-state index is 0.153. The van der Waals surface area contributed by atoms with Crippen molar-refractivity contribution < 1.29 is 9.84 Å². The van der Waals surface area contributed by atoms with Gasteiger partial charge in [0.05, 0.1) is 24.7 Å². The van der Waals surface area contributed by atoms with Crippen LogP contribution in [0.25, 0.3) is 0 Å². The molecule has 0 bridgehead atoms. The van der Waals surface area contributed by atoms with Crippen molar-refractivity contribution in [3.8, 4) is 0 Å². The molecule has 1 aliphatic carbocycles. The lowest BCUT2D eigenvalue weighted by molar-refractivity contribution is 0.0384. The molecule has 1 aromatic rings. The zero-order valence-electron chi connectivity index (χ0n) is 9.89. The third kappa shape index (κ3) is 3.70. The molecule has 0 heterocycles. The van der Waals surface area contributed by atoms with E-state index in [1.807, 2.05) is 30.3 Å². The zero-order valence-corrected chi connectivity index (χ0v) is 10.6. The van der Waals surface area contributed by atoms with Crippen molar-refractivity contribution in [3.05, 3.63) is 35.9 Å². The van der Waals surface area contributed by atoms with Crippen molar-refractivity contribution in [1.82, 2.24) is 0 Å². The summed E-state index contributed by atoms with van der Waals surface area (Å²) in [5.41, 5.74) is 1.18. The Morgan fingerprint density at radius 3 is 2.76 bits per heavy atom. The van der Waals surface area contributed by atoms with Crippen LogP contribution in [0.2, 0.25) is 0 Å². The molecule has 94 valence electrons. The number of hydrogen-bond acceptors (Lipinski definition) is 2. The van der Waals surface area contributed by atoms with Crippen LogP contribution < -0.4 is 0 Å². The standard InChI is InChI=1S/C14H19ClO2/c15-14-12(7-4-8-13(14)16)10-17-9-11-5-2-1-3-6-11/h1-3,5-6,12-14,16H,4,7-10H2/t12-,13-,14-/m1/s1. The Hall–Kier alpha value is -0.570. The molecule has 0 spiro atoms. The Balaban J connectivity index is 1.75. The fraction of sp³-hybridized carbons (Fsp3) is 0.571. The van der Waals surface area contributed by atoms with Gasteiger partial charge in [0, 0.05) is 5.92 Å². The maximum Gasteiger partial charge on any atom is 0.0717 e. The Morgan fingerprint density at radius 1 is 1.24 bits per heavy atom. The lowest BCUT2D eigenvalue weighted by Crippen LogP contribution is -2.35. The number of hydrogen-bond donors (Lipinski definition) is 1. The molecule has 1 aliphatic rings. The molecule has 2 rings (SSSR count). The first-order valence-electron chi connectivity index (χ1n) is 6.21. The average Bonchev–Trinajstić information content (AvgIpc) is 2.36. The summed E-state index contributed by atoms with van der Waals surface area (Å²) in [4.78, 5) is 0. The molecule has 1 aromatic carbocycles. The van der Waals surface area contributed by atoms with Gasteiger partial charge in [-0.15, -0.1) is 11.6 Å². The smallest absolute Gasteiger partial charge is 0.0717 e. The van der Waals surface area contributed by atoms with E-state index in [9.17, 15) is 5.11 Å². The maximum atomic E-state index is 9.68. The van der Waals surface area contributed by atoms with Gasteiger partial charge in [0.25, 0.3) is 0 Å². The van der Waals surface area contributed by atoms with Crippen LogP contribution in [-0.4, -0.2) is 23.2 Å². The molecule has 1 fully saturated rings. The third-order valence-corrected chi connectivity index (χ3v) is 3.98. The van der Waals surface area contributed by atoms with Crippen LogP contribution in [-0.2, 0) is 11.3 Å². The molecular weight excluding hydrogens is 236 g/mol. The first-order valence-corrected chi connectivity index (χ1v) is 6.65. The molecule has 0 saturated heterocycles. The molecule has 1 saturated carbocycles. The molecule has 3 heteroatoms. The predicted molar refractivity (Wildman–Crippen MR) is 69.1 cm³/mol. The highest BCUT2D eigenvalue weighted by molar-refractivity contribution is 6.21. The van der Waals surface area contributed by atoms with Gasteiger partial charge in [-0.05, 0) is 18.4 Å². The first-order chi connectivity index (χ1) is 8.27. The van der Waals surface area contributed by atoms with Crippen molar-refractivity contribution in [2.75, 3.05) is 6.61 Å². The topological polar surface area (TPSA) is 29.5 Å². The predicted octanol–water partition coefficient (Wildman–Crippen LogP) is 2.97. The molecule has 0 amide bonds. The largest absolute Gasteiger partial charge is 0.392 e. The van der Waals surface area contributed by atoms with Crippen molar-refractivity contribution >= 4 is 11.6 Å². The van der Waals surface area contributed by atoms with Crippen LogP contribution in [0.5, 0.6) is 0 Å². The average molecular weight is 255 g/mol. The summed E-state index contributed by atoms with van der Waals surface area (Å²) < 4.78 is 5.68. The van der Waals surface area contributed by atoms with Crippen molar-refractivity contribution in [3.63, 3.8) is 0 Å². The number of alkyl halides is 1. The Kier molecular flexibility index (Phi) is 4.84. The highest BCUT2D eigenvalue weighted by Gasteiger charge is 2.30. The summed E-state index contributed by atoms with van der Waals surface area (Å²) in [6, 6.07) is 10.1. The van der Waals surface area contributed by atoms with Crippen molar-refractivity contribution in [2.24, 2.45) is 5.92 Å². The van der Waals surface area contributed by atoms with Gasteiger partial charge in [-0.1, -0.05) is 36.8 Å². The van der Waals surface area contributed by atoms with E-state index in [4.69, 9.17) is 16.3 Å². The zero-order chi connectivity index (χ0) is 12.1. The fourth-order valence-electron chi connectivity index (χ4n) is 2.30. The van der Waals surface area contributed by atoms with Crippen LogP contribution in [0, 0.1) is 5.92 Å². The van der Waals surface area contributed by atoms with Crippen LogP contribution in [0.15, 0.2) is 30.3 Å². The van der Waals surface area contributed by atoms with Crippen LogP contribution in [0.3, 0.4) is 0 Å². The van der Waals surface area contributed by atoms with E-state index in [2.05, 4.69) is 0 Å². The minimum Gasteiger partial charge on any atom is -0.392 e. The number of benzene rings is 1. The highest BCUT2D eigenvalue weighted by atomic mass is 35.5. The van der Waals surface area contributed by atoms with Gasteiger partial charge in [-0.2, -0.15) is 0 Å². The quantitative estimate of drug-likeness (QED) is 0.837. The van der Waals surface area contributed by atoms with Gasteiger partial charge >= 0.3 is 0 Å². The second kappa shape index (κ2) is 6.39. The number of aliphatic hydroxyl groups is 1. The second-order valence-electron chi connectivity index (χ2n) is 4.70. The Morgan fingerprint density at radius 2 is 2.00 bits per heavy atom. The number of halogens is 1. The number of rotatable bonds is 4. The van der Waals surface area contributed by atoms with E-state index >= 15 is 0 Å². The van der Waals surface area contributed by atoms with Gasteiger partial charge in [-0.25, -0.2) is 0 Å². The van der Waals surface area contributed by atoms with Crippen LogP contribution in [0.1, 0.15) is 24.8 Å². The molecule has 0 aromatic heterocycles. The SMILES string of the molecule is O[C@@H]1CCC[C@H](COCc2ccccc2)[C@H]1Cl. The van der Waals surface area contributed by atoms with E-state index in [0.29, 0.717) is 13.2 Å². The number of aliphatic hydroxyl groups excluding tert-OH is 1. The van der Waals surface area contributed by atoms with Crippen LogP contribution in [0.4, 0.5) is 0 Å². The molecular formula is C14H19ClO2. The van der Waals surface area contributed by atoms with Gasteiger partial charge in [0.2, 0.25) is 0 Å². The van der Waals surface area contributed by atoms with Gasteiger partial charge in [0.15, 0.2) is 0 Å². The molecule has 0 radical (unpaired) electrons. The third-order valence-electron chi connectivity index (χ3n) is 3.34. The van der Waals surface area contributed by atoms with E-state index in [1.165, 1.54) is 5.56 Å². The van der Waals surface area contributed by atoms with Gasteiger partial charge in [0.1, 0.15) is 0 Å². The molecule has 17 heavy (non-hydrogen) atoms. The van der Waals surface area contributed by atoms with Crippen LogP contribution >= 0.6 is 11.6 Å². The Labute approximate surface area is 108 Å². The minimum atomic E-state index is -0.365. The van der Waals surface area contributed by atoms with E-state index in [1.54, 1.807) is 0 Å². The summed E-state index contributed by atoms with van der Waals surface area (Å²) in [6.07, 6.45) is 2.56. The Bertz CT molecular complexity index is 328. The first kappa shape index (κ1) is 12.9. The van der Waals surface area contributed by atoms with E-state index < -0.39 is 0 Å². The lowest BCUT2D eigenvalue weighted by atomic mass is 9.87. The molecule has 3 atom stereocenters. The monoisotopic (exact) mass is 254 g/mol. The van der Waals surface area contributed by atoms with Crippen molar-refractivity contribution in [1.29, 1.82) is 0 Å². The molecule has 0 unspecified atom stereocenters. The van der Waals surface area contributed by atoms with E-state index in [-0.39, 0.29) is 17.4 Å². The summed E-state index contributed by atoms with van der Waals surface area (Å²) >= 11 is 6.18. The fourth-order valence-corrected chi connectivity index (χ4v) is 2.62. The molecule has 0 aliphatic heterocycles. The summed E-state index contributed by atoms with van der Waals surface area (Å²) in [6.45, 7) is 1.26. The van der Waals surface area contributed by atoms with E-state index in [0.717, 1.165) is 19.3 Å². The number of ether oxygens (including phenoxy) is 1. The highest BCUT2D eigenvalue weighted by Crippen LogP contribution is 2.29. The normalized spacial score (nSPS) is 29.2. The second-order valence-corrected chi connectivity index (χ2v) is 5.21.